The number of carbonyl (C=O) groups is 2. The Hall–Kier alpha value is -3.71. The van der Waals surface area contributed by atoms with Crippen LogP contribution in [-0.4, -0.2) is 29.6 Å². The number of ether oxygens (including phenoxy) is 2. The summed E-state index contributed by atoms with van der Waals surface area (Å²) >= 11 is 0. The highest BCUT2D eigenvalue weighted by Gasteiger charge is 2.72. The van der Waals surface area contributed by atoms with Gasteiger partial charge in [0.2, 0.25) is 11.8 Å². The molecule has 2 bridgehead atoms. The highest BCUT2D eigenvalue weighted by atomic mass is 19.4. The first kappa shape index (κ1) is 24.0. The van der Waals surface area contributed by atoms with Crippen LogP contribution in [0.15, 0.2) is 54.6 Å². The van der Waals surface area contributed by atoms with Crippen molar-refractivity contribution in [2.75, 3.05) is 11.5 Å². The number of nitrogens with zero attached hydrogens (tertiary/aromatic N) is 2. The molecule has 2 fully saturated rings. The minimum Gasteiger partial charge on any atom is -0.493 e. The second-order valence-electron chi connectivity index (χ2n) is 9.26. The fraction of sp³-hybridized carbons (Fsp3) is 0.346. The first-order valence-electron chi connectivity index (χ1n) is 11.2. The molecule has 0 aromatic heterocycles. The first-order chi connectivity index (χ1) is 17.0. The van der Waals surface area contributed by atoms with E-state index in [2.05, 4.69) is 0 Å². The maximum Gasteiger partial charge on any atom is 0.417 e. The Morgan fingerprint density at radius 2 is 1.78 bits per heavy atom. The third kappa shape index (κ3) is 3.57. The topological polar surface area (TPSA) is 79.6 Å². The van der Waals surface area contributed by atoms with Crippen molar-refractivity contribution < 1.29 is 36.6 Å². The molecule has 3 heterocycles. The Balaban J connectivity index is 1.42. The standard InChI is InChI=1S/C26H20F4N2O4/c1-24-8-9-25(36-24,10-11-35-18-6-2-15(13-27)3-7-18)21-20(24)22(33)32(23(21)34)17-5-4-16(14-31)19(12-17)26(28,29)30/h2-9,12,20-21H,10-11,13H2,1H3/t20-,21+,24?,25?/m1/s1. The molecule has 2 unspecified atom stereocenters. The Bertz CT molecular complexity index is 1320. The van der Waals surface area contributed by atoms with E-state index in [4.69, 9.17) is 14.7 Å². The normalized spacial score (nSPS) is 28.5. The van der Waals surface area contributed by atoms with Crippen molar-refractivity contribution in [1.29, 1.82) is 5.26 Å². The molecule has 0 N–H and O–H groups in total. The quantitative estimate of drug-likeness (QED) is 0.326. The summed E-state index contributed by atoms with van der Waals surface area (Å²) < 4.78 is 65.2. The van der Waals surface area contributed by atoms with E-state index in [-0.39, 0.29) is 18.7 Å². The summed E-state index contributed by atoms with van der Waals surface area (Å²) in [7, 11) is 0. The molecule has 2 aromatic carbocycles. The van der Waals surface area contributed by atoms with Gasteiger partial charge in [-0.2, -0.15) is 18.4 Å². The first-order valence-corrected chi connectivity index (χ1v) is 11.2. The number of halogens is 4. The van der Waals surface area contributed by atoms with Gasteiger partial charge >= 0.3 is 6.18 Å². The maximum atomic E-state index is 13.5. The molecule has 0 spiro atoms. The van der Waals surface area contributed by atoms with E-state index in [1.165, 1.54) is 12.1 Å². The van der Waals surface area contributed by atoms with E-state index in [0.29, 0.717) is 17.4 Å². The van der Waals surface area contributed by atoms with Gasteiger partial charge in [-0.1, -0.05) is 24.3 Å². The van der Waals surface area contributed by atoms with E-state index in [1.807, 2.05) is 0 Å². The van der Waals surface area contributed by atoms with Crippen molar-refractivity contribution in [3.05, 3.63) is 71.3 Å². The number of carbonyl (C=O) groups excluding carboxylic acids is 2. The molecule has 5 rings (SSSR count). The molecule has 2 saturated heterocycles. The highest BCUT2D eigenvalue weighted by molar-refractivity contribution is 6.23. The molecule has 3 aliphatic rings. The molecular formula is C26H20F4N2O4. The molecular weight excluding hydrogens is 480 g/mol. The predicted octanol–water partition coefficient (Wildman–Crippen LogP) is 4.72. The zero-order valence-electron chi connectivity index (χ0n) is 19.0. The lowest BCUT2D eigenvalue weighted by Gasteiger charge is -2.29. The van der Waals surface area contributed by atoms with Gasteiger partial charge in [-0.05, 0) is 42.8 Å². The number of imide groups is 1. The van der Waals surface area contributed by atoms with Crippen LogP contribution >= 0.6 is 0 Å². The summed E-state index contributed by atoms with van der Waals surface area (Å²) in [6, 6.07) is 10.7. The lowest BCUT2D eigenvalue weighted by Crippen LogP contribution is -2.42. The van der Waals surface area contributed by atoms with Crippen LogP contribution in [0.3, 0.4) is 0 Å². The largest absolute Gasteiger partial charge is 0.493 e. The SMILES string of the molecule is CC12C=CC(CCOc3ccc(CF)cc3)(O1)[C@@H]1C(=O)N(c3ccc(C#N)c(C(F)(F)F)c3)C(=O)[C@@H]12. The van der Waals surface area contributed by atoms with Crippen LogP contribution in [0.5, 0.6) is 5.75 Å². The molecule has 36 heavy (non-hydrogen) atoms. The number of rotatable bonds is 6. The Morgan fingerprint density at radius 1 is 1.08 bits per heavy atom. The van der Waals surface area contributed by atoms with Gasteiger partial charge in [-0.25, -0.2) is 9.29 Å². The van der Waals surface area contributed by atoms with Gasteiger partial charge in [-0.15, -0.1) is 0 Å². The van der Waals surface area contributed by atoms with Gasteiger partial charge in [0, 0.05) is 6.42 Å². The van der Waals surface area contributed by atoms with E-state index in [9.17, 15) is 27.2 Å². The third-order valence-corrected chi connectivity index (χ3v) is 7.08. The predicted molar refractivity (Wildman–Crippen MR) is 118 cm³/mol. The Morgan fingerprint density at radius 3 is 2.42 bits per heavy atom. The molecule has 6 nitrogen and oxygen atoms in total. The number of nitriles is 1. The Labute approximate surface area is 203 Å². The number of hydrogen-bond donors (Lipinski definition) is 0. The molecule has 186 valence electrons. The maximum absolute atomic E-state index is 13.5. The molecule has 0 aliphatic carbocycles. The monoisotopic (exact) mass is 500 g/mol. The molecule has 4 atom stereocenters. The second-order valence-corrected chi connectivity index (χ2v) is 9.26. The van der Waals surface area contributed by atoms with Crippen molar-refractivity contribution in [3.63, 3.8) is 0 Å². The number of benzene rings is 2. The van der Waals surface area contributed by atoms with Gasteiger partial charge < -0.3 is 9.47 Å². The van der Waals surface area contributed by atoms with Crippen LogP contribution in [0.25, 0.3) is 0 Å². The fourth-order valence-corrected chi connectivity index (χ4v) is 5.41. The van der Waals surface area contributed by atoms with Crippen molar-refractivity contribution in [1.82, 2.24) is 0 Å². The van der Waals surface area contributed by atoms with Gasteiger partial charge in [0.15, 0.2) is 0 Å². The molecule has 0 saturated carbocycles. The summed E-state index contributed by atoms with van der Waals surface area (Å²) in [6.07, 6.45) is -1.20. The van der Waals surface area contributed by atoms with Crippen molar-refractivity contribution in [2.24, 2.45) is 11.8 Å². The van der Waals surface area contributed by atoms with Crippen LogP contribution in [0.2, 0.25) is 0 Å². The summed E-state index contributed by atoms with van der Waals surface area (Å²) in [5.41, 5.74) is -3.83. The smallest absolute Gasteiger partial charge is 0.417 e. The molecule has 2 aromatic rings. The van der Waals surface area contributed by atoms with Crippen LogP contribution in [0.4, 0.5) is 23.2 Å². The van der Waals surface area contributed by atoms with E-state index in [1.54, 1.807) is 43.3 Å². The van der Waals surface area contributed by atoms with Gasteiger partial charge in [-0.3, -0.25) is 9.59 Å². The van der Waals surface area contributed by atoms with Gasteiger partial charge in [0.25, 0.3) is 0 Å². The number of hydrogen-bond acceptors (Lipinski definition) is 5. The number of fused-ring (bicyclic) bond motifs is 5. The van der Waals surface area contributed by atoms with Gasteiger partial charge in [0.05, 0.1) is 46.9 Å². The summed E-state index contributed by atoms with van der Waals surface area (Å²) in [6.45, 7) is 1.19. The average Bonchev–Trinajstić information content (AvgIpc) is 3.43. The van der Waals surface area contributed by atoms with Crippen LogP contribution in [-0.2, 0) is 27.2 Å². The van der Waals surface area contributed by atoms with Crippen molar-refractivity contribution in [3.8, 4) is 11.8 Å². The second kappa shape index (κ2) is 8.17. The van der Waals surface area contributed by atoms with Crippen LogP contribution < -0.4 is 9.64 Å². The fourth-order valence-electron chi connectivity index (χ4n) is 5.41. The van der Waals surface area contributed by atoms with Crippen molar-refractivity contribution >= 4 is 17.5 Å². The lowest BCUT2D eigenvalue weighted by molar-refractivity contribution is -0.138. The Kier molecular flexibility index (Phi) is 5.45. The molecule has 0 radical (unpaired) electrons. The summed E-state index contributed by atoms with van der Waals surface area (Å²) in [4.78, 5) is 27.7. The minimum absolute atomic E-state index is 0.120. The average molecular weight is 500 g/mol. The molecule has 3 aliphatic heterocycles. The minimum atomic E-state index is -4.83. The number of anilines is 1. The van der Waals surface area contributed by atoms with E-state index < -0.39 is 58.8 Å². The molecule has 10 heteroatoms. The van der Waals surface area contributed by atoms with E-state index in [0.717, 1.165) is 11.0 Å². The number of amides is 2. The highest BCUT2D eigenvalue weighted by Crippen LogP contribution is 2.59. The number of alkyl halides is 4. The van der Waals surface area contributed by atoms with Crippen LogP contribution in [0, 0.1) is 23.2 Å². The third-order valence-electron chi connectivity index (χ3n) is 7.08. The zero-order valence-corrected chi connectivity index (χ0v) is 19.0. The summed E-state index contributed by atoms with van der Waals surface area (Å²) in [5.74, 6) is -2.68. The molecule has 2 amide bonds. The van der Waals surface area contributed by atoms with Gasteiger partial charge in [0.1, 0.15) is 18.0 Å². The van der Waals surface area contributed by atoms with Crippen LogP contribution in [0.1, 0.15) is 30.0 Å². The van der Waals surface area contributed by atoms with Crippen molar-refractivity contribution in [2.45, 2.75) is 37.4 Å². The lowest BCUT2D eigenvalue weighted by atomic mass is 9.71. The zero-order chi connectivity index (χ0) is 25.9. The van der Waals surface area contributed by atoms with E-state index >= 15 is 0 Å². The summed E-state index contributed by atoms with van der Waals surface area (Å²) in [5, 5.41) is 9.06.